The standard InChI is InChI=1S/C12H9BrN2O4/c13-12-5-4-11(19-12)7-14-18-8-9-2-1-3-10(6-9)15(16)17/h1-7H,8H2/b14-7-. The van der Waals surface area contributed by atoms with Crippen molar-refractivity contribution in [1.29, 1.82) is 0 Å². The van der Waals surface area contributed by atoms with Crippen LogP contribution in [0, 0.1) is 10.1 Å². The van der Waals surface area contributed by atoms with Gasteiger partial charge in [0, 0.05) is 12.1 Å². The molecule has 0 saturated carbocycles. The first-order valence-electron chi connectivity index (χ1n) is 5.29. The predicted octanol–water partition coefficient (Wildman–Crippen LogP) is 3.50. The summed E-state index contributed by atoms with van der Waals surface area (Å²) in [6.07, 6.45) is 1.42. The third-order valence-corrected chi connectivity index (χ3v) is 2.63. The summed E-state index contributed by atoms with van der Waals surface area (Å²) in [7, 11) is 0. The number of rotatable bonds is 5. The molecular weight excluding hydrogens is 316 g/mol. The highest BCUT2D eigenvalue weighted by atomic mass is 79.9. The van der Waals surface area contributed by atoms with E-state index in [9.17, 15) is 10.1 Å². The van der Waals surface area contributed by atoms with Crippen LogP contribution in [0.15, 0.2) is 50.6 Å². The number of hydrogen-bond donors (Lipinski definition) is 0. The Hall–Kier alpha value is -2.15. The van der Waals surface area contributed by atoms with Crippen molar-refractivity contribution in [2.75, 3.05) is 0 Å². The quantitative estimate of drug-likeness (QED) is 0.479. The van der Waals surface area contributed by atoms with Gasteiger partial charge in [-0.3, -0.25) is 10.1 Å². The molecule has 0 saturated heterocycles. The number of furan rings is 1. The first kappa shape index (κ1) is 13.3. The molecule has 1 aromatic carbocycles. The molecule has 0 amide bonds. The van der Waals surface area contributed by atoms with Gasteiger partial charge in [-0.15, -0.1) is 0 Å². The van der Waals surface area contributed by atoms with E-state index < -0.39 is 4.92 Å². The molecule has 19 heavy (non-hydrogen) atoms. The molecule has 0 spiro atoms. The summed E-state index contributed by atoms with van der Waals surface area (Å²) in [5.41, 5.74) is 0.701. The lowest BCUT2D eigenvalue weighted by Crippen LogP contribution is -1.92. The second kappa shape index (κ2) is 6.14. The first-order valence-corrected chi connectivity index (χ1v) is 6.08. The van der Waals surface area contributed by atoms with E-state index in [4.69, 9.17) is 9.25 Å². The summed E-state index contributed by atoms with van der Waals surface area (Å²) in [6.45, 7) is 0.153. The van der Waals surface area contributed by atoms with Crippen LogP contribution in [0.1, 0.15) is 11.3 Å². The highest BCUT2D eigenvalue weighted by molar-refractivity contribution is 9.10. The van der Waals surface area contributed by atoms with E-state index >= 15 is 0 Å². The molecule has 98 valence electrons. The van der Waals surface area contributed by atoms with E-state index in [0.717, 1.165) is 0 Å². The number of oxime groups is 1. The van der Waals surface area contributed by atoms with E-state index in [1.54, 1.807) is 24.3 Å². The Kier molecular flexibility index (Phi) is 4.30. The maximum absolute atomic E-state index is 10.6. The lowest BCUT2D eigenvalue weighted by Gasteiger charge is -1.99. The molecule has 0 aliphatic carbocycles. The third kappa shape index (κ3) is 3.92. The van der Waals surface area contributed by atoms with Gasteiger partial charge in [0.2, 0.25) is 0 Å². The summed E-state index contributed by atoms with van der Waals surface area (Å²) >= 11 is 3.17. The van der Waals surface area contributed by atoms with Gasteiger partial charge in [0.15, 0.2) is 4.67 Å². The zero-order valence-electron chi connectivity index (χ0n) is 9.65. The van der Waals surface area contributed by atoms with E-state index in [-0.39, 0.29) is 12.3 Å². The van der Waals surface area contributed by atoms with Crippen LogP contribution in [0.3, 0.4) is 0 Å². The molecule has 0 radical (unpaired) electrons. The monoisotopic (exact) mass is 324 g/mol. The number of nitro groups is 1. The molecule has 0 aliphatic heterocycles. The number of nitro benzene ring substituents is 1. The zero-order chi connectivity index (χ0) is 13.7. The van der Waals surface area contributed by atoms with Crippen molar-refractivity contribution in [1.82, 2.24) is 0 Å². The molecule has 0 atom stereocenters. The number of non-ortho nitro benzene ring substituents is 1. The van der Waals surface area contributed by atoms with Crippen LogP contribution >= 0.6 is 15.9 Å². The highest BCUT2D eigenvalue weighted by Gasteiger charge is 2.05. The largest absolute Gasteiger partial charge is 0.448 e. The molecule has 6 nitrogen and oxygen atoms in total. The summed E-state index contributed by atoms with van der Waals surface area (Å²) in [5.74, 6) is 0.547. The van der Waals surface area contributed by atoms with Crippen LogP contribution in [0.25, 0.3) is 0 Å². The Morgan fingerprint density at radius 3 is 2.95 bits per heavy atom. The van der Waals surface area contributed by atoms with Gasteiger partial charge >= 0.3 is 0 Å². The van der Waals surface area contributed by atoms with Crippen LogP contribution in [0.4, 0.5) is 5.69 Å². The van der Waals surface area contributed by atoms with E-state index in [1.165, 1.54) is 18.3 Å². The number of nitrogens with zero attached hydrogens (tertiary/aromatic N) is 2. The number of benzene rings is 1. The van der Waals surface area contributed by atoms with Crippen LogP contribution in [-0.4, -0.2) is 11.1 Å². The average Bonchev–Trinajstić information content (AvgIpc) is 2.81. The van der Waals surface area contributed by atoms with Gasteiger partial charge < -0.3 is 9.25 Å². The molecular formula is C12H9BrN2O4. The molecule has 0 unspecified atom stereocenters. The van der Waals surface area contributed by atoms with Crippen molar-refractivity contribution < 1.29 is 14.2 Å². The third-order valence-electron chi connectivity index (χ3n) is 2.20. The van der Waals surface area contributed by atoms with Crippen molar-refractivity contribution >= 4 is 27.8 Å². The van der Waals surface area contributed by atoms with E-state index in [1.807, 2.05) is 0 Å². The molecule has 0 bridgehead atoms. The van der Waals surface area contributed by atoms with Gasteiger partial charge in [0.05, 0.1) is 4.92 Å². The topological polar surface area (TPSA) is 77.9 Å². The minimum atomic E-state index is -0.451. The van der Waals surface area contributed by atoms with Crippen molar-refractivity contribution in [2.45, 2.75) is 6.61 Å². The highest BCUT2D eigenvalue weighted by Crippen LogP contribution is 2.14. The van der Waals surface area contributed by atoms with E-state index in [2.05, 4.69) is 21.1 Å². The normalized spacial score (nSPS) is 10.8. The zero-order valence-corrected chi connectivity index (χ0v) is 11.2. The molecule has 0 aliphatic rings. The summed E-state index contributed by atoms with van der Waals surface area (Å²) in [5, 5.41) is 14.3. The van der Waals surface area contributed by atoms with Gasteiger partial charge in [0.25, 0.3) is 5.69 Å². The number of halogens is 1. The molecule has 2 aromatic rings. The van der Waals surface area contributed by atoms with Crippen LogP contribution in [0.5, 0.6) is 0 Å². The second-order valence-corrected chi connectivity index (χ2v) is 4.36. The van der Waals surface area contributed by atoms with Crippen molar-refractivity contribution in [3.63, 3.8) is 0 Å². The average molecular weight is 325 g/mol. The van der Waals surface area contributed by atoms with Crippen LogP contribution in [-0.2, 0) is 11.4 Å². The smallest absolute Gasteiger partial charge is 0.269 e. The SMILES string of the molecule is O=[N+]([O-])c1cccc(CO/N=C\c2ccc(Br)o2)c1. The van der Waals surface area contributed by atoms with Gasteiger partial charge in [-0.1, -0.05) is 17.3 Å². The minimum Gasteiger partial charge on any atom is -0.448 e. The molecule has 7 heteroatoms. The Balaban J connectivity index is 1.90. The Labute approximate surface area is 116 Å². The molecule has 0 fully saturated rings. The molecule has 0 N–H and O–H groups in total. The Morgan fingerprint density at radius 1 is 1.42 bits per heavy atom. The van der Waals surface area contributed by atoms with Crippen molar-refractivity contribution in [3.05, 3.63) is 62.5 Å². The summed E-state index contributed by atoms with van der Waals surface area (Å²) in [4.78, 5) is 15.2. The maximum atomic E-state index is 10.6. The fraction of sp³-hybridized carbons (Fsp3) is 0.0833. The maximum Gasteiger partial charge on any atom is 0.269 e. The number of hydrogen-bond acceptors (Lipinski definition) is 5. The Bertz CT molecular complexity index is 609. The second-order valence-electron chi connectivity index (χ2n) is 3.58. The van der Waals surface area contributed by atoms with Gasteiger partial charge in [-0.2, -0.15) is 0 Å². The Morgan fingerprint density at radius 2 is 2.26 bits per heavy atom. The van der Waals surface area contributed by atoms with Crippen molar-refractivity contribution in [2.24, 2.45) is 5.16 Å². The van der Waals surface area contributed by atoms with Gasteiger partial charge in [-0.05, 0) is 33.6 Å². The van der Waals surface area contributed by atoms with E-state index in [0.29, 0.717) is 16.0 Å². The summed E-state index contributed by atoms with van der Waals surface area (Å²) in [6, 6.07) is 9.66. The lowest BCUT2D eigenvalue weighted by molar-refractivity contribution is -0.384. The lowest BCUT2D eigenvalue weighted by atomic mass is 10.2. The molecule has 1 aromatic heterocycles. The first-order chi connectivity index (χ1) is 9.15. The predicted molar refractivity (Wildman–Crippen MR) is 71.9 cm³/mol. The van der Waals surface area contributed by atoms with Gasteiger partial charge in [-0.25, -0.2) is 0 Å². The molecule has 2 rings (SSSR count). The van der Waals surface area contributed by atoms with Crippen LogP contribution < -0.4 is 0 Å². The van der Waals surface area contributed by atoms with Crippen molar-refractivity contribution in [3.8, 4) is 0 Å². The van der Waals surface area contributed by atoms with Gasteiger partial charge in [0.1, 0.15) is 18.6 Å². The molecule has 1 heterocycles. The minimum absolute atomic E-state index is 0.0278. The fourth-order valence-corrected chi connectivity index (χ4v) is 1.68. The summed E-state index contributed by atoms with van der Waals surface area (Å²) < 4.78 is 5.79. The fourth-order valence-electron chi connectivity index (χ4n) is 1.36. The van der Waals surface area contributed by atoms with Crippen LogP contribution in [0.2, 0.25) is 0 Å².